The van der Waals surface area contributed by atoms with E-state index < -0.39 is 0 Å². The summed E-state index contributed by atoms with van der Waals surface area (Å²) in [4.78, 5) is 5.18. The van der Waals surface area contributed by atoms with E-state index in [4.69, 9.17) is 0 Å². The second-order valence-electron chi connectivity index (χ2n) is 7.58. The molecule has 1 saturated heterocycles. The summed E-state index contributed by atoms with van der Waals surface area (Å²) in [7, 11) is 0. The Bertz CT molecular complexity index is 344. The SMILES string of the molecule is CCC1CCC(C#N)C(N2CCN(C(C)(C)C)CC2)C1. The van der Waals surface area contributed by atoms with Gasteiger partial charge in [0.2, 0.25) is 0 Å². The maximum Gasteiger partial charge on any atom is 0.0672 e. The number of nitriles is 1. The predicted octanol–water partition coefficient (Wildman–Crippen LogP) is 3.12. The maximum absolute atomic E-state index is 9.45. The molecule has 0 N–H and O–H groups in total. The van der Waals surface area contributed by atoms with Crippen molar-refractivity contribution < 1.29 is 0 Å². The Morgan fingerprint density at radius 3 is 2.25 bits per heavy atom. The molecule has 0 aromatic carbocycles. The fourth-order valence-corrected chi connectivity index (χ4v) is 3.88. The van der Waals surface area contributed by atoms with Crippen LogP contribution in [0.2, 0.25) is 0 Å². The molecular formula is C17H31N3. The van der Waals surface area contributed by atoms with Crippen LogP contribution in [0.1, 0.15) is 53.4 Å². The van der Waals surface area contributed by atoms with Gasteiger partial charge in [0.15, 0.2) is 0 Å². The number of nitrogens with zero attached hydrogens (tertiary/aromatic N) is 3. The Morgan fingerprint density at radius 2 is 1.75 bits per heavy atom. The highest BCUT2D eigenvalue weighted by molar-refractivity contribution is 4.99. The van der Waals surface area contributed by atoms with Gasteiger partial charge < -0.3 is 0 Å². The van der Waals surface area contributed by atoms with Gasteiger partial charge in [0.25, 0.3) is 0 Å². The van der Waals surface area contributed by atoms with E-state index >= 15 is 0 Å². The predicted molar refractivity (Wildman–Crippen MR) is 83.4 cm³/mol. The average molecular weight is 277 g/mol. The molecule has 2 fully saturated rings. The lowest BCUT2D eigenvalue weighted by Gasteiger charge is -2.47. The lowest BCUT2D eigenvalue weighted by Crippen LogP contribution is -2.57. The highest BCUT2D eigenvalue weighted by Crippen LogP contribution is 2.34. The van der Waals surface area contributed by atoms with Crippen molar-refractivity contribution in [2.75, 3.05) is 26.2 Å². The van der Waals surface area contributed by atoms with Crippen molar-refractivity contribution >= 4 is 0 Å². The van der Waals surface area contributed by atoms with Gasteiger partial charge in [0.05, 0.1) is 12.0 Å². The fraction of sp³-hybridized carbons (Fsp3) is 0.941. The monoisotopic (exact) mass is 277 g/mol. The topological polar surface area (TPSA) is 30.3 Å². The first kappa shape index (κ1) is 15.8. The lowest BCUT2D eigenvalue weighted by atomic mass is 9.77. The van der Waals surface area contributed by atoms with Crippen LogP contribution in [0, 0.1) is 23.2 Å². The van der Waals surface area contributed by atoms with Crippen LogP contribution in [0.3, 0.4) is 0 Å². The molecule has 3 nitrogen and oxygen atoms in total. The molecule has 3 unspecified atom stereocenters. The van der Waals surface area contributed by atoms with Gasteiger partial charge in [-0.05, 0) is 46.0 Å². The third kappa shape index (κ3) is 3.54. The van der Waals surface area contributed by atoms with Crippen molar-refractivity contribution in [2.24, 2.45) is 11.8 Å². The molecule has 3 atom stereocenters. The van der Waals surface area contributed by atoms with Crippen LogP contribution in [-0.2, 0) is 0 Å². The van der Waals surface area contributed by atoms with E-state index in [0.29, 0.717) is 6.04 Å². The smallest absolute Gasteiger partial charge is 0.0672 e. The first-order valence-electron chi connectivity index (χ1n) is 8.34. The summed E-state index contributed by atoms with van der Waals surface area (Å²) >= 11 is 0. The minimum atomic E-state index is 0.263. The van der Waals surface area contributed by atoms with Gasteiger partial charge in [-0.15, -0.1) is 0 Å². The van der Waals surface area contributed by atoms with Crippen LogP contribution < -0.4 is 0 Å². The van der Waals surface area contributed by atoms with E-state index in [-0.39, 0.29) is 11.5 Å². The van der Waals surface area contributed by atoms with Crippen molar-refractivity contribution in [3.63, 3.8) is 0 Å². The van der Waals surface area contributed by atoms with Gasteiger partial charge in [-0.2, -0.15) is 5.26 Å². The zero-order valence-electron chi connectivity index (χ0n) is 13.7. The molecule has 1 aliphatic carbocycles. The quantitative estimate of drug-likeness (QED) is 0.777. The highest BCUT2D eigenvalue weighted by atomic mass is 15.3. The molecule has 1 heterocycles. The summed E-state index contributed by atoms with van der Waals surface area (Å²) in [5.74, 6) is 1.10. The van der Waals surface area contributed by atoms with Crippen LogP contribution in [0.25, 0.3) is 0 Å². The molecule has 0 aromatic rings. The van der Waals surface area contributed by atoms with Crippen LogP contribution >= 0.6 is 0 Å². The van der Waals surface area contributed by atoms with E-state index in [1.165, 1.54) is 19.3 Å². The van der Waals surface area contributed by atoms with Gasteiger partial charge in [-0.1, -0.05) is 13.3 Å². The number of piperazine rings is 1. The number of hydrogen-bond donors (Lipinski definition) is 0. The fourth-order valence-electron chi connectivity index (χ4n) is 3.88. The van der Waals surface area contributed by atoms with Crippen molar-refractivity contribution in [2.45, 2.75) is 65.0 Å². The van der Waals surface area contributed by atoms with Crippen molar-refractivity contribution in [1.82, 2.24) is 9.80 Å². The lowest BCUT2D eigenvalue weighted by molar-refractivity contribution is 0.0157. The standard InChI is InChI=1S/C17H31N3/c1-5-14-6-7-15(13-18)16(12-14)19-8-10-20(11-9-19)17(2,3)4/h14-16H,5-12H2,1-4H3. The van der Waals surface area contributed by atoms with E-state index in [1.807, 2.05) is 0 Å². The Morgan fingerprint density at radius 1 is 1.10 bits per heavy atom. The van der Waals surface area contributed by atoms with E-state index in [0.717, 1.165) is 38.5 Å². The largest absolute Gasteiger partial charge is 0.297 e. The molecule has 1 saturated carbocycles. The molecular weight excluding hydrogens is 246 g/mol. The van der Waals surface area contributed by atoms with Crippen molar-refractivity contribution in [3.05, 3.63) is 0 Å². The highest BCUT2D eigenvalue weighted by Gasteiger charge is 2.36. The Balaban J connectivity index is 1.95. The van der Waals surface area contributed by atoms with Gasteiger partial charge in [-0.3, -0.25) is 9.80 Å². The summed E-state index contributed by atoms with van der Waals surface area (Å²) in [6, 6.07) is 3.10. The zero-order chi connectivity index (χ0) is 14.8. The van der Waals surface area contributed by atoms with Crippen LogP contribution in [-0.4, -0.2) is 47.6 Å². The van der Waals surface area contributed by atoms with Crippen LogP contribution in [0.5, 0.6) is 0 Å². The number of hydrogen-bond acceptors (Lipinski definition) is 3. The van der Waals surface area contributed by atoms with Crippen molar-refractivity contribution in [1.29, 1.82) is 5.26 Å². The van der Waals surface area contributed by atoms with Crippen molar-refractivity contribution in [3.8, 4) is 6.07 Å². The molecule has 0 spiro atoms. The molecule has 1 aliphatic heterocycles. The Hall–Kier alpha value is -0.590. The third-order valence-corrected chi connectivity index (χ3v) is 5.40. The molecule has 2 aliphatic rings. The summed E-state index contributed by atoms with van der Waals surface area (Å²) in [6.45, 7) is 13.8. The van der Waals surface area contributed by atoms with Crippen LogP contribution in [0.15, 0.2) is 0 Å². The van der Waals surface area contributed by atoms with Gasteiger partial charge in [-0.25, -0.2) is 0 Å². The Kier molecular flexibility index (Phi) is 5.09. The molecule has 20 heavy (non-hydrogen) atoms. The summed E-state index contributed by atoms with van der Waals surface area (Å²) in [5, 5.41) is 9.45. The first-order chi connectivity index (χ1) is 9.45. The molecule has 0 radical (unpaired) electrons. The normalized spacial score (nSPS) is 33.9. The van der Waals surface area contributed by atoms with Crippen LogP contribution in [0.4, 0.5) is 0 Å². The van der Waals surface area contributed by atoms with Gasteiger partial charge in [0, 0.05) is 37.8 Å². The molecule has 2 rings (SSSR count). The molecule has 114 valence electrons. The second-order valence-corrected chi connectivity index (χ2v) is 7.58. The van der Waals surface area contributed by atoms with E-state index in [1.54, 1.807) is 0 Å². The summed E-state index contributed by atoms with van der Waals surface area (Å²) in [6.07, 6.45) is 4.88. The average Bonchev–Trinajstić information content (AvgIpc) is 2.45. The number of rotatable bonds is 2. The van der Waals surface area contributed by atoms with Gasteiger partial charge in [0.1, 0.15) is 0 Å². The zero-order valence-corrected chi connectivity index (χ0v) is 13.7. The summed E-state index contributed by atoms with van der Waals surface area (Å²) < 4.78 is 0. The van der Waals surface area contributed by atoms with E-state index in [9.17, 15) is 5.26 Å². The molecule has 0 amide bonds. The summed E-state index contributed by atoms with van der Waals surface area (Å²) in [5.41, 5.74) is 0.277. The molecule has 3 heteroatoms. The first-order valence-corrected chi connectivity index (χ1v) is 8.34. The minimum absolute atomic E-state index is 0.263. The Labute approximate surface area is 124 Å². The maximum atomic E-state index is 9.45. The third-order valence-electron chi connectivity index (χ3n) is 5.40. The minimum Gasteiger partial charge on any atom is -0.297 e. The van der Waals surface area contributed by atoms with E-state index in [2.05, 4.69) is 43.6 Å². The molecule has 0 aromatic heterocycles. The second kappa shape index (κ2) is 6.45. The molecule has 0 bridgehead atoms. The van der Waals surface area contributed by atoms with Gasteiger partial charge >= 0.3 is 0 Å².